The number of sulfonamides is 1. The Kier molecular flexibility index (Phi) is 9.02. The molecule has 3 rings (SSSR count). The molecule has 0 aliphatic rings. The average Bonchev–Trinajstić information content (AvgIpc) is 2.84. The molecular formula is C25H27ClN2O4S2. The number of carbonyl (C=O) groups excluding carboxylic acids is 1. The van der Waals surface area contributed by atoms with Gasteiger partial charge in [-0.15, -0.1) is 11.8 Å². The quantitative estimate of drug-likeness (QED) is 0.376. The second-order valence-electron chi connectivity index (χ2n) is 7.62. The zero-order valence-electron chi connectivity index (χ0n) is 19.2. The summed E-state index contributed by atoms with van der Waals surface area (Å²) in [4.78, 5) is 14.0. The first-order chi connectivity index (χ1) is 16.2. The van der Waals surface area contributed by atoms with Crippen molar-refractivity contribution in [3.8, 4) is 5.75 Å². The predicted octanol–water partition coefficient (Wildman–Crippen LogP) is 5.14. The topological polar surface area (TPSA) is 75.7 Å². The molecule has 180 valence electrons. The summed E-state index contributed by atoms with van der Waals surface area (Å²) in [5.74, 6) is -0.257. The smallest absolute Gasteiger partial charge is 0.247 e. The number of carbonyl (C=O) groups is 1. The highest BCUT2D eigenvalue weighted by Gasteiger charge is 2.30. The Morgan fingerprint density at radius 3 is 2.38 bits per heavy atom. The van der Waals surface area contributed by atoms with Gasteiger partial charge in [0.2, 0.25) is 15.9 Å². The molecule has 0 spiro atoms. The van der Waals surface area contributed by atoms with Gasteiger partial charge < -0.3 is 10.1 Å². The van der Waals surface area contributed by atoms with Crippen LogP contribution in [0.15, 0.2) is 82.6 Å². The van der Waals surface area contributed by atoms with Gasteiger partial charge in [-0.3, -0.25) is 4.79 Å². The van der Waals surface area contributed by atoms with Crippen molar-refractivity contribution in [2.75, 3.05) is 19.9 Å². The van der Waals surface area contributed by atoms with E-state index in [1.54, 1.807) is 17.8 Å². The molecule has 0 saturated carbocycles. The monoisotopic (exact) mass is 518 g/mol. The SMILES string of the molecule is COc1ccc(Cl)cc1S(=O)(=O)N(CC(=O)NC(C)c1ccc(SC)cc1)Cc1ccccc1. The van der Waals surface area contributed by atoms with Crippen molar-refractivity contribution in [2.24, 2.45) is 0 Å². The molecule has 1 atom stereocenters. The number of rotatable bonds is 10. The van der Waals surface area contributed by atoms with Crippen molar-refractivity contribution in [1.82, 2.24) is 9.62 Å². The van der Waals surface area contributed by atoms with Gasteiger partial charge in [0.1, 0.15) is 10.6 Å². The molecule has 9 heteroatoms. The largest absolute Gasteiger partial charge is 0.495 e. The average molecular weight is 519 g/mol. The van der Waals surface area contributed by atoms with Gasteiger partial charge in [-0.05, 0) is 54.6 Å². The second kappa shape index (κ2) is 11.8. The lowest BCUT2D eigenvalue weighted by molar-refractivity contribution is -0.122. The minimum atomic E-state index is -4.11. The molecule has 3 aromatic rings. The molecule has 0 aliphatic heterocycles. The molecule has 0 saturated heterocycles. The molecule has 0 bridgehead atoms. The van der Waals surface area contributed by atoms with E-state index in [9.17, 15) is 13.2 Å². The third-order valence-corrected chi connectivity index (χ3v) is 8.05. The van der Waals surface area contributed by atoms with Gasteiger partial charge in [0.25, 0.3) is 0 Å². The summed E-state index contributed by atoms with van der Waals surface area (Å²) in [6, 6.07) is 21.1. The summed E-state index contributed by atoms with van der Waals surface area (Å²) in [5.41, 5.74) is 1.68. The van der Waals surface area contributed by atoms with E-state index in [1.807, 2.05) is 67.8 Å². The van der Waals surface area contributed by atoms with Gasteiger partial charge in [0, 0.05) is 16.5 Å². The number of ether oxygens (including phenoxy) is 1. The number of methoxy groups -OCH3 is 1. The molecule has 1 N–H and O–H groups in total. The molecule has 0 aromatic heterocycles. The fraction of sp³-hybridized carbons (Fsp3) is 0.240. The molecule has 0 aliphatic carbocycles. The molecule has 0 radical (unpaired) electrons. The zero-order chi connectivity index (χ0) is 24.7. The van der Waals surface area contributed by atoms with Gasteiger partial charge in [-0.1, -0.05) is 54.1 Å². The Balaban J connectivity index is 1.87. The fourth-order valence-corrected chi connectivity index (χ4v) is 5.64. The van der Waals surface area contributed by atoms with Crippen molar-refractivity contribution in [3.05, 3.63) is 88.9 Å². The summed E-state index contributed by atoms with van der Waals surface area (Å²) < 4.78 is 33.7. The lowest BCUT2D eigenvalue weighted by atomic mass is 10.1. The van der Waals surface area contributed by atoms with E-state index < -0.39 is 15.9 Å². The summed E-state index contributed by atoms with van der Waals surface area (Å²) >= 11 is 7.73. The lowest BCUT2D eigenvalue weighted by Gasteiger charge is -2.24. The number of benzene rings is 3. The minimum Gasteiger partial charge on any atom is -0.495 e. The van der Waals surface area contributed by atoms with Crippen molar-refractivity contribution in [2.45, 2.75) is 29.3 Å². The molecule has 34 heavy (non-hydrogen) atoms. The van der Waals surface area contributed by atoms with E-state index in [2.05, 4.69) is 5.32 Å². The predicted molar refractivity (Wildman–Crippen MR) is 137 cm³/mol. The number of hydrogen-bond acceptors (Lipinski definition) is 5. The molecular weight excluding hydrogens is 492 g/mol. The summed E-state index contributed by atoms with van der Waals surface area (Å²) in [7, 11) is -2.72. The van der Waals surface area contributed by atoms with Crippen molar-refractivity contribution in [1.29, 1.82) is 0 Å². The van der Waals surface area contributed by atoms with Gasteiger partial charge in [-0.2, -0.15) is 4.31 Å². The fourth-order valence-electron chi connectivity index (χ4n) is 3.43. The minimum absolute atomic E-state index is 0.0169. The second-order valence-corrected chi connectivity index (χ2v) is 10.8. The number of amides is 1. The van der Waals surface area contributed by atoms with Gasteiger partial charge in [0.05, 0.1) is 19.7 Å². The number of thioether (sulfide) groups is 1. The highest BCUT2D eigenvalue weighted by atomic mass is 35.5. The van der Waals surface area contributed by atoms with Crippen LogP contribution in [0, 0.1) is 0 Å². The lowest BCUT2D eigenvalue weighted by Crippen LogP contribution is -2.41. The number of hydrogen-bond donors (Lipinski definition) is 1. The maximum absolute atomic E-state index is 13.6. The van der Waals surface area contributed by atoms with Crippen LogP contribution in [-0.2, 0) is 21.4 Å². The van der Waals surface area contributed by atoms with Gasteiger partial charge >= 0.3 is 0 Å². The Bertz CT molecular complexity index is 1220. The Labute approximate surface area is 210 Å². The van der Waals surface area contributed by atoms with Crippen molar-refractivity contribution >= 4 is 39.3 Å². The highest BCUT2D eigenvalue weighted by molar-refractivity contribution is 7.98. The van der Waals surface area contributed by atoms with Crippen LogP contribution in [0.5, 0.6) is 5.75 Å². The Hall–Kier alpha value is -2.52. The molecule has 0 heterocycles. The third kappa shape index (κ3) is 6.54. The van der Waals surface area contributed by atoms with Crippen molar-refractivity contribution < 1.29 is 17.9 Å². The van der Waals surface area contributed by atoms with Gasteiger partial charge in [-0.25, -0.2) is 8.42 Å². The number of nitrogens with one attached hydrogen (secondary N) is 1. The van der Waals surface area contributed by atoms with E-state index >= 15 is 0 Å². The summed E-state index contributed by atoms with van der Waals surface area (Å²) in [6.45, 7) is 1.52. The molecule has 1 amide bonds. The van der Waals surface area contributed by atoms with E-state index in [0.717, 1.165) is 20.3 Å². The number of nitrogens with zero attached hydrogens (tertiary/aromatic N) is 1. The van der Waals surface area contributed by atoms with E-state index in [1.165, 1.54) is 19.2 Å². The van der Waals surface area contributed by atoms with Crippen LogP contribution in [-0.4, -0.2) is 38.5 Å². The molecule has 6 nitrogen and oxygen atoms in total. The van der Waals surface area contributed by atoms with Gasteiger partial charge in [0.15, 0.2) is 0 Å². The first-order valence-electron chi connectivity index (χ1n) is 10.6. The Morgan fingerprint density at radius 1 is 1.09 bits per heavy atom. The maximum atomic E-state index is 13.6. The zero-order valence-corrected chi connectivity index (χ0v) is 21.6. The highest BCUT2D eigenvalue weighted by Crippen LogP contribution is 2.30. The van der Waals surface area contributed by atoms with E-state index in [-0.39, 0.29) is 34.8 Å². The van der Waals surface area contributed by atoms with Crippen LogP contribution in [0.1, 0.15) is 24.1 Å². The Morgan fingerprint density at radius 2 is 1.76 bits per heavy atom. The van der Waals surface area contributed by atoms with Crippen LogP contribution in [0.2, 0.25) is 5.02 Å². The standard InChI is InChI=1S/C25H27ClN2O4S2/c1-18(20-9-12-22(33-3)13-10-20)27-25(29)17-28(16-19-7-5-4-6-8-19)34(30,31)24-15-21(26)11-14-23(24)32-2/h4-15,18H,16-17H2,1-3H3,(H,27,29). The number of halogens is 1. The molecule has 1 unspecified atom stereocenters. The van der Waals surface area contributed by atoms with Crippen molar-refractivity contribution in [3.63, 3.8) is 0 Å². The van der Waals surface area contributed by atoms with Crippen LogP contribution >= 0.6 is 23.4 Å². The maximum Gasteiger partial charge on any atom is 0.247 e. The normalized spacial score (nSPS) is 12.4. The van der Waals surface area contributed by atoms with Crippen LogP contribution < -0.4 is 10.1 Å². The van der Waals surface area contributed by atoms with Crippen LogP contribution in [0.3, 0.4) is 0 Å². The third-order valence-electron chi connectivity index (χ3n) is 5.26. The van der Waals surface area contributed by atoms with Crippen LogP contribution in [0.4, 0.5) is 0 Å². The molecule has 3 aromatic carbocycles. The molecule has 0 fully saturated rings. The summed E-state index contributed by atoms with van der Waals surface area (Å²) in [5, 5.41) is 3.16. The summed E-state index contributed by atoms with van der Waals surface area (Å²) in [6.07, 6.45) is 2.00. The first-order valence-corrected chi connectivity index (χ1v) is 13.6. The van der Waals surface area contributed by atoms with E-state index in [0.29, 0.717) is 0 Å². The van der Waals surface area contributed by atoms with E-state index in [4.69, 9.17) is 16.3 Å². The first kappa shape index (κ1) is 26.1. The van der Waals surface area contributed by atoms with Crippen LogP contribution in [0.25, 0.3) is 0 Å².